The van der Waals surface area contributed by atoms with Gasteiger partial charge in [-0.1, -0.05) is 36.4 Å². The summed E-state index contributed by atoms with van der Waals surface area (Å²) in [6.45, 7) is 0. The molecule has 0 unspecified atom stereocenters. The van der Waals surface area contributed by atoms with Gasteiger partial charge in [0, 0.05) is 17.0 Å². The molecule has 0 aliphatic carbocycles. The van der Waals surface area contributed by atoms with E-state index < -0.39 is 0 Å². The summed E-state index contributed by atoms with van der Waals surface area (Å²) in [4.78, 5) is 13.4. The minimum Gasteiger partial charge on any atom is -0.618 e. The van der Waals surface area contributed by atoms with Crippen molar-refractivity contribution in [3.8, 4) is 0 Å². The van der Waals surface area contributed by atoms with Crippen molar-refractivity contribution in [3.63, 3.8) is 0 Å². The van der Waals surface area contributed by atoms with Crippen LogP contribution in [0.2, 0.25) is 0 Å². The summed E-state index contributed by atoms with van der Waals surface area (Å²) in [6, 6.07) is 18.8. The van der Waals surface area contributed by atoms with E-state index >= 15 is 0 Å². The maximum atomic E-state index is 12.4. The van der Waals surface area contributed by atoms with Crippen LogP contribution in [0.1, 0.15) is 16.5 Å². The molecule has 0 saturated heterocycles. The number of carbonyl (C=O) groups is 1. The standard InChI is InChI=1S/C18H16N2O2S2/c21-16(13-24-17-10-4-5-11-20(17)22)19-18(15-9-6-12-23-15)14-7-2-1-3-8-14/h1-12,18H,13H2,(H,19,21)/t18-/m0/s1. The first-order valence-electron chi connectivity index (χ1n) is 7.43. The van der Waals surface area contributed by atoms with Gasteiger partial charge >= 0.3 is 0 Å². The Kier molecular flexibility index (Phi) is 5.51. The van der Waals surface area contributed by atoms with E-state index in [-0.39, 0.29) is 17.7 Å². The molecule has 1 N–H and O–H groups in total. The van der Waals surface area contributed by atoms with E-state index in [1.807, 2.05) is 47.8 Å². The van der Waals surface area contributed by atoms with Crippen LogP contribution >= 0.6 is 23.1 Å². The van der Waals surface area contributed by atoms with Crippen molar-refractivity contribution in [3.05, 3.63) is 87.9 Å². The second-order valence-corrected chi connectivity index (χ2v) is 7.05. The minimum atomic E-state index is -0.172. The summed E-state index contributed by atoms with van der Waals surface area (Å²) in [5, 5.41) is 17.2. The molecule has 1 atom stereocenters. The second kappa shape index (κ2) is 7.99. The number of carbonyl (C=O) groups excluding carboxylic acids is 1. The molecule has 6 heteroatoms. The van der Waals surface area contributed by atoms with Gasteiger partial charge < -0.3 is 10.5 Å². The summed E-state index contributed by atoms with van der Waals surface area (Å²) in [7, 11) is 0. The number of thioether (sulfide) groups is 1. The molecular formula is C18H16N2O2S2. The van der Waals surface area contributed by atoms with Crippen LogP contribution in [0.4, 0.5) is 0 Å². The van der Waals surface area contributed by atoms with E-state index in [0.29, 0.717) is 5.03 Å². The summed E-state index contributed by atoms with van der Waals surface area (Å²) in [6.07, 6.45) is 1.43. The van der Waals surface area contributed by atoms with Gasteiger partial charge in [-0.3, -0.25) is 4.79 Å². The van der Waals surface area contributed by atoms with Gasteiger partial charge in [-0.15, -0.1) is 11.3 Å². The van der Waals surface area contributed by atoms with Crippen molar-refractivity contribution >= 4 is 29.0 Å². The van der Waals surface area contributed by atoms with Gasteiger partial charge in [0.2, 0.25) is 5.91 Å². The van der Waals surface area contributed by atoms with Gasteiger partial charge in [-0.25, -0.2) is 0 Å². The predicted octanol–water partition coefficient (Wildman–Crippen LogP) is 3.38. The first-order valence-corrected chi connectivity index (χ1v) is 9.29. The Morgan fingerprint density at radius 2 is 1.92 bits per heavy atom. The van der Waals surface area contributed by atoms with Crippen LogP contribution in [0.5, 0.6) is 0 Å². The van der Waals surface area contributed by atoms with E-state index in [9.17, 15) is 10.0 Å². The predicted molar refractivity (Wildman–Crippen MR) is 96.9 cm³/mol. The molecule has 0 saturated carbocycles. The van der Waals surface area contributed by atoms with Crippen molar-refractivity contribution in [2.45, 2.75) is 11.1 Å². The van der Waals surface area contributed by atoms with Crippen molar-refractivity contribution in [1.29, 1.82) is 0 Å². The summed E-state index contributed by atoms with van der Waals surface area (Å²) >= 11 is 2.84. The van der Waals surface area contributed by atoms with E-state index in [0.717, 1.165) is 15.2 Å². The third-order valence-corrected chi connectivity index (χ3v) is 5.36. The van der Waals surface area contributed by atoms with Crippen LogP contribution < -0.4 is 10.0 Å². The van der Waals surface area contributed by atoms with Crippen LogP contribution in [0.25, 0.3) is 0 Å². The largest absolute Gasteiger partial charge is 0.618 e. The zero-order chi connectivity index (χ0) is 16.8. The molecule has 3 rings (SSSR count). The fraction of sp³-hybridized carbons (Fsp3) is 0.111. The number of benzene rings is 1. The SMILES string of the molecule is O=C(CSc1cccc[n+]1[O-])N[C@@H](c1ccccc1)c1cccs1. The highest BCUT2D eigenvalue weighted by Crippen LogP contribution is 2.26. The Balaban J connectivity index is 1.69. The first kappa shape index (κ1) is 16.5. The van der Waals surface area contributed by atoms with E-state index in [4.69, 9.17) is 0 Å². The number of hydrogen-bond acceptors (Lipinski definition) is 4. The van der Waals surface area contributed by atoms with Crippen molar-refractivity contribution in [2.24, 2.45) is 0 Å². The fourth-order valence-corrected chi connectivity index (χ4v) is 3.81. The van der Waals surface area contributed by atoms with Crippen LogP contribution in [-0.4, -0.2) is 11.7 Å². The van der Waals surface area contributed by atoms with Gasteiger partial charge in [0.15, 0.2) is 6.20 Å². The number of hydrogen-bond donors (Lipinski definition) is 1. The maximum Gasteiger partial charge on any atom is 0.251 e. The van der Waals surface area contributed by atoms with Crippen LogP contribution in [-0.2, 0) is 4.79 Å². The van der Waals surface area contributed by atoms with Gasteiger partial charge in [0.05, 0.1) is 11.8 Å². The molecule has 0 radical (unpaired) electrons. The average Bonchev–Trinajstić information content (AvgIpc) is 3.14. The van der Waals surface area contributed by atoms with Crippen LogP contribution in [0.3, 0.4) is 0 Å². The highest BCUT2D eigenvalue weighted by atomic mass is 32.2. The van der Waals surface area contributed by atoms with Crippen LogP contribution in [0.15, 0.2) is 77.3 Å². The molecule has 0 fully saturated rings. The molecule has 4 nitrogen and oxygen atoms in total. The molecular weight excluding hydrogens is 340 g/mol. The highest BCUT2D eigenvalue weighted by molar-refractivity contribution is 7.99. The van der Waals surface area contributed by atoms with Gasteiger partial charge in [-0.2, -0.15) is 4.73 Å². The number of pyridine rings is 1. The van der Waals surface area contributed by atoms with E-state index in [2.05, 4.69) is 5.32 Å². The average molecular weight is 356 g/mol. The number of rotatable bonds is 6. The monoisotopic (exact) mass is 356 g/mol. The van der Waals surface area contributed by atoms with E-state index in [1.165, 1.54) is 18.0 Å². The van der Waals surface area contributed by atoms with Crippen molar-refractivity contribution in [2.75, 3.05) is 5.75 Å². The molecule has 3 aromatic rings. The zero-order valence-corrected chi connectivity index (χ0v) is 14.4. The summed E-state index contributed by atoms with van der Waals surface area (Å²) in [5.74, 6) is 0.0899. The van der Waals surface area contributed by atoms with Gasteiger partial charge in [0.1, 0.15) is 0 Å². The quantitative estimate of drug-likeness (QED) is 0.418. The Morgan fingerprint density at radius 1 is 1.12 bits per heavy atom. The summed E-state index contributed by atoms with van der Waals surface area (Å²) in [5.41, 5.74) is 1.04. The van der Waals surface area contributed by atoms with Gasteiger partial charge in [-0.05, 0) is 34.8 Å². The smallest absolute Gasteiger partial charge is 0.251 e. The fourth-order valence-electron chi connectivity index (χ4n) is 2.29. The molecule has 0 aliphatic rings. The van der Waals surface area contributed by atoms with Crippen LogP contribution in [0, 0.1) is 5.21 Å². The first-order chi connectivity index (χ1) is 11.7. The number of aromatic nitrogens is 1. The third-order valence-electron chi connectivity index (χ3n) is 3.41. The molecule has 0 aliphatic heterocycles. The Hall–Kier alpha value is -2.31. The third kappa shape index (κ3) is 4.15. The second-order valence-electron chi connectivity index (χ2n) is 5.08. The topological polar surface area (TPSA) is 56.0 Å². The lowest BCUT2D eigenvalue weighted by atomic mass is 10.1. The number of thiophene rings is 1. The Labute approximate surface area is 148 Å². The molecule has 1 amide bonds. The lowest BCUT2D eigenvalue weighted by Crippen LogP contribution is -2.32. The zero-order valence-electron chi connectivity index (χ0n) is 12.8. The molecule has 0 spiro atoms. The lowest BCUT2D eigenvalue weighted by molar-refractivity contribution is -0.645. The normalized spacial score (nSPS) is 11.8. The lowest BCUT2D eigenvalue weighted by Gasteiger charge is -2.18. The van der Waals surface area contributed by atoms with Gasteiger partial charge in [0.25, 0.3) is 5.03 Å². The van der Waals surface area contributed by atoms with E-state index in [1.54, 1.807) is 29.5 Å². The maximum absolute atomic E-state index is 12.4. The van der Waals surface area contributed by atoms with Crippen molar-refractivity contribution in [1.82, 2.24) is 5.32 Å². The number of amides is 1. The molecule has 0 bridgehead atoms. The molecule has 2 aromatic heterocycles. The number of nitrogens with one attached hydrogen (secondary N) is 1. The Morgan fingerprint density at radius 3 is 2.62 bits per heavy atom. The molecule has 122 valence electrons. The summed E-state index contributed by atoms with van der Waals surface area (Å²) < 4.78 is 0.770. The molecule has 1 aromatic carbocycles. The molecule has 24 heavy (non-hydrogen) atoms. The van der Waals surface area contributed by atoms with Crippen molar-refractivity contribution < 1.29 is 9.52 Å². The highest BCUT2D eigenvalue weighted by Gasteiger charge is 2.18. The minimum absolute atomic E-state index is 0.105. The molecule has 2 heterocycles. The Bertz CT molecular complexity index is 792. The number of nitrogens with zero attached hydrogens (tertiary/aromatic N) is 1.